The average Bonchev–Trinajstić information content (AvgIpc) is 3.51. The molecule has 0 aliphatic carbocycles. The monoisotopic (exact) mass is 499 g/mol. The van der Waals surface area contributed by atoms with E-state index in [1.165, 1.54) is 7.11 Å². The molecule has 0 spiro atoms. The first-order chi connectivity index (χ1) is 17.3. The van der Waals surface area contributed by atoms with Crippen LogP contribution in [0.4, 0.5) is 13.2 Å². The Morgan fingerprint density at radius 2 is 1.92 bits per heavy atom. The van der Waals surface area contributed by atoms with Crippen LogP contribution in [0.15, 0.2) is 42.9 Å². The number of aryl methyl sites for hydroxylation is 1. The maximum absolute atomic E-state index is 14.0. The molecule has 5 rings (SSSR count). The second-order valence-corrected chi connectivity index (χ2v) is 9.86. The molecule has 0 saturated carbocycles. The van der Waals surface area contributed by atoms with Crippen LogP contribution in [0.25, 0.3) is 5.69 Å². The molecule has 1 N–H and O–H groups in total. The molecule has 0 radical (unpaired) electrons. The summed E-state index contributed by atoms with van der Waals surface area (Å²) in [6.07, 6.45) is 5.77. The third-order valence-electron chi connectivity index (χ3n) is 7.74. The highest BCUT2D eigenvalue weighted by Crippen LogP contribution is 2.49. The van der Waals surface area contributed by atoms with E-state index in [1.54, 1.807) is 18.5 Å². The highest BCUT2D eigenvalue weighted by Gasteiger charge is 2.49. The molecule has 2 saturated heterocycles. The van der Waals surface area contributed by atoms with Gasteiger partial charge in [-0.05, 0) is 68.0 Å². The number of nitrogens with zero attached hydrogens (tertiary/aromatic N) is 3. The van der Waals surface area contributed by atoms with E-state index in [-0.39, 0.29) is 18.6 Å². The molecule has 0 amide bonds. The Morgan fingerprint density at radius 3 is 2.56 bits per heavy atom. The van der Waals surface area contributed by atoms with Crippen molar-refractivity contribution in [1.82, 2.24) is 14.5 Å². The normalized spacial score (nSPS) is 24.9. The number of aliphatic hydroxyl groups is 1. The van der Waals surface area contributed by atoms with Gasteiger partial charge in [0, 0.05) is 24.8 Å². The summed E-state index contributed by atoms with van der Waals surface area (Å²) in [6.45, 7) is 2.10. The lowest BCUT2D eigenvalue weighted by molar-refractivity contribution is -0.130. The van der Waals surface area contributed by atoms with Crippen molar-refractivity contribution in [3.8, 4) is 11.4 Å². The molecular formula is C27H28F3N3O3. The summed E-state index contributed by atoms with van der Waals surface area (Å²) in [5, 5.41) is 11.5. The molecule has 3 heterocycles. The molecular weight excluding hydrogens is 471 g/mol. The minimum Gasteiger partial charge on any atom is -0.495 e. The van der Waals surface area contributed by atoms with Crippen LogP contribution in [0.1, 0.15) is 54.6 Å². The fourth-order valence-electron chi connectivity index (χ4n) is 5.81. The first-order valence-electron chi connectivity index (χ1n) is 12.0. The third kappa shape index (κ3) is 4.10. The van der Waals surface area contributed by atoms with Crippen molar-refractivity contribution in [3.05, 3.63) is 77.1 Å². The third-order valence-corrected chi connectivity index (χ3v) is 7.74. The van der Waals surface area contributed by atoms with Crippen molar-refractivity contribution < 1.29 is 27.8 Å². The number of carbonyl (C=O) groups is 1. The second-order valence-electron chi connectivity index (χ2n) is 9.86. The number of carbonyl (C=O) groups excluding carboxylic acids is 1. The number of fused-ring (bicyclic) bond motifs is 1. The van der Waals surface area contributed by atoms with Crippen LogP contribution in [-0.4, -0.2) is 45.5 Å². The molecule has 6 nitrogen and oxygen atoms in total. The number of hydrogen-bond acceptors (Lipinski definition) is 5. The lowest BCUT2D eigenvalue weighted by Crippen LogP contribution is -2.50. The first kappa shape index (κ1) is 24.5. The molecule has 4 unspecified atom stereocenters. The van der Waals surface area contributed by atoms with Crippen molar-refractivity contribution in [3.63, 3.8) is 0 Å². The van der Waals surface area contributed by atoms with E-state index in [0.29, 0.717) is 36.1 Å². The van der Waals surface area contributed by atoms with E-state index in [0.717, 1.165) is 36.2 Å². The Morgan fingerprint density at radius 1 is 1.17 bits per heavy atom. The van der Waals surface area contributed by atoms with E-state index < -0.39 is 29.0 Å². The topological polar surface area (TPSA) is 67.6 Å². The van der Waals surface area contributed by atoms with Gasteiger partial charge in [0.1, 0.15) is 12.0 Å². The number of rotatable bonds is 6. The number of hydrogen-bond donors (Lipinski definition) is 1. The summed E-state index contributed by atoms with van der Waals surface area (Å²) >= 11 is 0. The average molecular weight is 500 g/mol. The SMILES string of the molecule is COc1cc(C(O)C2(C=O)CCC3CCC(c4cc(F)c(F)c(F)c4)N3C2)ccc1-n1cnc(C)c1. The molecule has 3 aromatic rings. The summed E-state index contributed by atoms with van der Waals surface area (Å²) in [7, 11) is 1.54. The van der Waals surface area contributed by atoms with Gasteiger partial charge in [0.2, 0.25) is 0 Å². The number of aliphatic hydroxyl groups excluding tert-OH is 1. The Balaban J connectivity index is 1.45. The van der Waals surface area contributed by atoms with Crippen molar-refractivity contribution in [2.45, 2.75) is 50.8 Å². The van der Waals surface area contributed by atoms with Crippen molar-refractivity contribution in [2.75, 3.05) is 13.7 Å². The van der Waals surface area contributed by atoms with Crippen LogP contribution in [0.2, 0.25) is 0 Å². The molecule has 1 aromatic heterocycles. The van der Waals surface area contributed by atoms with Gasteiger partial charge in [0.25, 0.3) is 0 Å². The maximum atomic E-state index is 14.0. The molecule has 2 fully saturated rings. The van der Waals surface area contributed by atoms with Crippen LogP contribution >= 0.6 is 0 Å². The van der Waals surface area contributed by atoms with Gasteiger partial charge in [-0.2, -0.15) is 0 Å². The molecule has 2 aliphatic rings. The van der Waals surface area contributed by atoms with E-state index in [1.807, 2.05) is 28.7 Å². The van der Waals surface area contributed by atoms with Gasteiger partial charge in [-0.1, -0.05) is 6.07 Å². The smallest absolute Gasteiger partial charge is 0.194 e. The largest absolute Gasteiger partial charge is 0.495 e. The van der Waals surface area contributed by atoms with Gasteiger partial charge in [0.15, 0.2) is 17.5 Å². The summed E-state index contributed by atoms with van der Waals surface area (Å²) < 4.78 is 48.9. The Hall–Kier alpha value is -3.17. The van der Waals surface area contributed by atoms with Gasteiger partial charge in [-0.3, -0.25) is 4.90 Å². The van der Waals surface area contributed by atoms with Crippen molar-refractivity contribution in [2.24, 2.45) is 5.41 Å². The highest BCUT2D eigenvalue weighted by molar-refractivity contribution is 5.63. The molecule has 9 heteroatoms. The Labute approximate surface area is 207 Å². The second kappa shape index (κ2) is 9.37. The van der Waals surface area contributed by atoms with E-state index in [9.17, 15) is 23.1 Å². The first-order valence-corrected chi connectivity index (χ1v) is 12.0. The number of piperidine rings is 1. The Bertz CT molecular complexity index is 1270. The van der Waals surface area contributed by atoms with Gasteiger partial charge in [0.05, 0.1) is 36.3 Å². The number of halogens is 3. The van der Waals surface area contributed by atoms with Crippen LogP contribution in [0.5, 0.6) is 5.75 Å². The minimum atomic E-state index is -1.49. The highest BCUT2D eigenvalue weighted by atomic mass is 19.2. The number of methoxy groups -OCH3 is 1. The van der Waals surface area contributed by atoms with Crippen LogP contribution in [0, 0.1) is 29.8 Å². The van der Waals surface area contributed by atoms with E-state index in [2.05, 4.69) is 4.98 Å². The fraction of sp³-hybridized carbons (Fsp3) is 0.407. The zero-order chi connectivity index (χ0) is 25.6. The van der Waals surface area contributed by atoms with Crippen LogP contribution < -0.4 is 4.74 Å². The predicted octanol–water partition coefficient (Wildman–Crippen LogP) is 4.82. The predicted molar refractivity (Wildman–Crippen MR) is 126 cm³/mol. The van der Waals surface area contributed by atoms with Crippen LogP contribution in [0.3, 0.4) is 0 Å². The summed E-state index contributed by atoms with van der Waals surface area (Å²) in [6, 6.07) is 7.10. The fourth-order valence-corrected chi connectivity index (χ4v) is 5.81. The van der Waals surface area contributed by atoms with Gasteiger partial charge < -0.3 is 19.2 Å². The number of ether oxygens (including phenoxy) is 1. The molecule has 190 valence electrons. The van der Waals surface area contributed by atoms with Crippen molar-refractivity contribution >= 4 is 6.29 Å². The molecule has 4 atom stereocenters. The lowest BCUT2D eigenvalue weighted by Gasteiger charge is -2.46. The number of aldehydes is 1. The molecule has 2 aliphatic heterocycles. The number of benzene rings is 2. The molecule has 0 bridgehead atoms. The van der Waals surface area contributed by atoms with E-state index in [4.69, 9.17) is 4.74 Å². The van der Waals surface area contributed by atoms with Gasteiger partial charge in [-0.15, -0.1) is 0 Å². The zero-order valence-electron chi connectivity index (χ0n) is 20.1. The molecule has 2 aromatic carbocycles. The maximum Gasteiger partial charge on any atom is 0.194 e. The Kier molecular flexibility index (Phi) is 6.38. The van der Waals surface area contributed by atoms with E-state index >= 15 is 0 Å². The van der Waals surface area contributed by atoms with Gasteiger partial charge >= 0.3 is 0 Å². The summed E-state index contributed by atoms with van der Waals surface area (Å²) in [5.74, 6) is -3.43. The summed E-state index contributed by atoms with van der Waals surface area (Å²) in [4.78, 5) is 18.8. The minimum absolute atomic E-state index is 0.118. The van der Waals surface area contributed by atoms with Crippen molar-refractivity contribution in [1.29, 1.82) is 0 Å². The number of imidazole rings is 1. The molecule has 36 heavy (non-hydrogen) atoms. The quantitative estimate of drug-likeness (QED) is 0.389. The lowest BCUT2D eigenvalue weighted by atomic mass is 9.72. The van der Waals surface area contributed by atoms with Gasteiger partial charge in [-0.25, -0.2) is 18.2 Å². The number of aromatic nitrogens is 2. The standard InChI is InChI=1S/C27H28F3N3O3/c1-16-12-32(15-31-16)23-5-3-17(11-24(23)36-2)26(35)27(14-34)8-7-19-4-6-22(33(19)13-27)18-9-20(28)25(30)21(29)10-18/h3,5,9-12,14-15,19,22,26,35H,4,6-8,13H2,1-2H3. The zero-order valence-corrected chi connectivity index (χ0v) is 20.1. The summed E-state index contributed by atoms with van der Waals surface area (Å²) in [5.41, 5.74) is 1.35. The van der Waals surface area contributed by atoms with Crippen LogP contribution in [-0.2, 0) is 4.79 Å².